The molecule has 1 amide bonds. The van der Waals surface area contributed by atoms with Crippen LogP contribution in [0.4, 0.5) is 0 Å². The van der Waals surface area contributed by atoms with Crippen molar-refractivity contribution in [1.82, 2.24) is 4.90 Å². The molecule has 1 atom stereocenters. The fourth-order valence-electron chi connectivity index (χ4n) is 2.67. The first-order valence-electron chi connectivity index (χ1n) is 7.09. The van der Waals surface area contributed by atoms with Gasteiger partial charge in [-0.1, -0.05) is 6.07 Å². The maximum absolute atomic E-state index is 12.8. The maximum atomic E-state index is 12.8. The topological polar surface area (TPSA) is 49.8 Å². The minimum absolute atomic E-state index is 0.0122. The molecule has 1 N–H and O–H groups in total. The zero-order chi connectivity index (χ0) is 15.6. The highest BCUT2D eigenvalue weighted by Gasteiger charge is 2.35. The number of ether oxygens (including phenoxy) is 1. The molecule has 0 aromatic heterocycles. The van der Waals surface area contributed by atoms with Crippen LogP contribution in [-0.2, 0) is 4.74 Å². The minimum atomic E-state index is -0.438. The van der Waals surface area contributed by atoms with Crippen LogP contribution in [-0.4, -0.2) is 53.6 Å². The number of aliphatic hydroxyl groups is 1. The molecule has 21 heavy (non-hydrogen) atoms. The number of aliphatic hydroxyl groups excluding tert-OH is 1. The summed E-state index contributed by atoms with van der Waals surface area (Å²) >= 11 is 1.63. The first kappa shape index (κ1) is 16.3. The second kappa shape index (κ2) is 6.38. The minimum Gasteiger partial charge on any atom is -0.394 e. The Morgan fingerprint density at radius 2 is 2.24 bits per heavy atom. The van der Waals surface area contributed by atoms with Gasteiger partial charge in [0.25, 0.3) is 5.91 Å². The predicted molar refractivity (Wildman–Crippen MR) is 84.9 cm³/mol. The molecule has 4 nitrogen and oxygen atoms in total. The molecule has 1 aromatic rings. The quantitative estimate of drug-likeness (QED) is 0.871. The molecule has 1 fully saturated rings. The van der Waals surface area contributed by atoms with Gasteiger partial charge in [0.15, 0.2) is 0 Å². The highest BCUT2D eigenvalue weighted by atomic mass is 32.2. The van der Waals surface area contributed by atoms with Gasteiger partial charge in [0, 0.05) is 23.5 Å². The van der Waals surface area contributed by atoms with E-state index in [-0.39, 0.29) is 18.6 Å². The van der Waals surface area contributed by atoms with E-state index in [0.29, 0.717) is 13.1 Å². The van der Waals surface area contributed by atoms with Gasteiger partial charge < -0.3 is 14.7 Å². The Labute approximate surface area is 130 Å². The van der Waals surface area contributed by atoms with Crippen molar-refractivity contribution in [2.24, 2.45) is 0 Å². The van der Waals surface area contributed by atoms with Crippen LogP contribution >= 0.6 is 11.8 Å². The highest BCUT2D eigenvalue weighted by Crippen LogP contribution is 2.25. The van der Waals surface area contributed by atoms with Crippen LogP contribution in [0.15, 0.2) is 23.1 Å². The number of morpholine rings is 1. The molecule has 0 aliphatic carbocycles. The van der Waals surface area contributed by atoms with Gasteiger partial charge in [-0.2, -0.15) is 0 Å². The molecule has 5 heteroatoms. The molecular weight excluding hydrogens is 286 g/mol. The molecule has 0 bridgehead atoms. The number of benzene rings is 1. The lowest BCUT2D eigenvalue weighted by Gasteiger charge is -2.42. The fourth-order valence-corrected chi connectivity index (χ4v) is 3.11. The average molecular weight is 309 g/mol. The number of aryl methyl sites for hydroxylation is 1. The lowest BCUT2D eigenvalue weighted by molar-refractivity contribution is -0.139. The number of carbonyl (C=O) groups is 1. The second-order valence-electron chi connectivity index (χ2n) is 6.05. The summed E-state index contributed by atoms with van der Waals surface area (Å²) in [7, 11) is 0. The predicted octanol–water partition coefficient (Wildman–Crippen LogP) is 2.33. The molecule has 0 radical (unpaired) electrons. The van der Waals surface area contributed by atoms with Gasteiger partial charge in [-0.15, -0.1) is 11.8 Å². The SMILES string of the molecule is CSc1ccc(C)c(C(=O)N2CC(CO)OC(C)(C)C2)c1. The van der Waals surface area contributed by atoms with Crippen LogP contribution < -0.4 is 0 Å². The molecule has 0 saturated carbocycles. The van der Waals surface area contributed by atoms with E-state index in [1.165, 1.54) is 0 Å². The molecule has 116 valence electrons. The Morgan fingerprint density at radius 1 is 1.52 bits per heavy atom. The average Bonchev–Trinajstić information content (AvgIpc) is 2.45. The number of carbonyl (C=O) groups excluding carboxylic acids is 1. The van der Waals surface area contributed by atoms with Crippen LogP contribution in [0.3, 0.4) is 0 Å². The lowest BCUT2D eigenvalue weighted by Crippen LogP contribution is -2.55. The molecule has 1 saturated heterocycles. The zero-order valence-corrected chi connectivity index (χ0v) is 13.9. The van der Waals surface area contributed by atoms with Gasteiger partial charge in [0.05, 0.1) is 18.3 Å². The summed E-state index contributed by atoms with van der Waals surface area (Å²) in [5.74, 6) is 0.0122. The molecule has 1 aromatic carbocycles. The normalized spacial score (nSPS) is 21.4. The van der Waals surface area contributed by atoms with E-state index in [1.807, 2.05) is 45.2 Å². The van der Waals surface area contributed by atoms with Gasteiger partial charge in [-0.3, -0.25) is 4.79 Å². The van der Waals surface area contributed by atoms with Crippen LogP contribution in [0.25, 0.3) is 0 Å². The van der Waals surface area contributed by atoms with Crippen molar-refractivity contribution in [1.29, 1.82) is 0 Å². The summed E-state index contributed by atoms with van der Waals surface area (Å²) in [5, 5.41) is 9.36. The Bertz CT molecular complexity index is 530. The number of hydrogen-bond acceptors (Lipinski definition) is 4. The van der Waals surface area contributed by atoms with Gasteiger partial charge in [-0.05, 0) is 44.7 Å². The third-order valence-corrected chi connectivity index (χ3v) is 4.37. The van der Waals surface area contributed by atoms with E-state index in [0.717, 1.165) is 16.0 Å². The van der Waals surface area contributed by atoms with Crippen molar-refractivity contribution >= 4 is 17.7 Å². The van der Waals surface area contributed by atoms with E-state index in [1.54, 1.807) is 16.7 Å². The van der Waals surface area contributed by atoms with E-state index < -0.39 is 5.60 Å². The Kier molecular flexibility index (Phi) is 4.96. The number of thioether (sulfide) groups is 1. The summed E-state index contributed by atoms with van der Waals surface area (Å²) in [4.78, 5) is 15.7. The highest BCUT2D eigenvalue weighted by molar-refractivity contribution is 7.98. The van der Waals surface area contributed by atoms with Crippen molar-refractivity contribution in [3.05, 3.63) is 29.3 Å². The molecule has 0 spiro atoms. The number of nitrogens with zero attached hydrogens (tertiary/aromatic N) is 1. The van der Waals surface area contributed by atoms with E-state index >= 15 is 0 Å². The number of hydrogen-bond donors (Lipinski definition) is 1. The third kappa shape index (κ3) is 3.78. The van der Waals surface area contributed by atoms with Crippen LogP contribution in [0.2, 0.25) is 0 Å². The van der Waals surface area contributed by atoms with Crippen molar-refractivity contribution < 1.29 is 14.6 Å². The van der Waals surface area contributed by atoms with Gasteiger partial charge in [-0.25, -0.2) is 0 Å². The van der Waals surface area contributed by atoms with Crippen LogP contribution in [0, 0.1) is 6.92 Å². The third-order valence-electron chi connectivity index (χ3n) is 3.65. The summed E-state index contributed by atoms with van der Waals surface area (Å²) in [6.07, 6.45) is 1.68. The van der Waals surface area contributed by atoms with Crippen molar-refractivity contribution in [2.45, 2.75) is 37.4 Å². The van der Waals surface area contributed by atoms with Gasteiger partial charge >= 0.3 is 0 Å². The molecular formula is C16H23NO3S. The first-order chi connectivity index (χ1) is 9.86. The van der Waals surface area contributed by atoms with E-state index in [4.69, 9.17) is 4.74 Å². The number of amides is 1. The summed E-state index contributed by atoms with van der Waals surface area (Å²) in [6, 6.07) is 5.95. The zero-order valence-electron chi connectivity index (χ0n) is 13.0. The van der Waals surface area contributed by atoms with Gasteiger partial charge in [0.1, 0.15) is 0 Å². The van der Waals surface area contributed by atoms with E-state index in [9.17, 15) is 9.90 Å². The first-order valence-corrected chi connectivity index (χ1v) is 8.31. The van der Waals surface area contributed by atoms with Crippen LogP contribution in [0.1, 0.15) is 29.8 Å². The van der Waals surface area contributed by atoms with Crippen molar-refractivity contribution in [2.75, 3.05) is 26.0 Å². The lowest BCUT2D eigenvalue weighted by atomic mass is 10.0. The molecule has 1 aliphatic heterocycles. The summed E-state index contributed by atoms with van der Waals surface area (Å²) in [5.41, 5.74) is 1.27. The monoisotopic (exact) mass is 309 g/mol. The number of rotatable bonds is 3. The summed E-state index contributed by atoms with van der Waals surface area (Å²) < 4.78 is 5.77. The summed E-state index contributed by atoms with van der Waals surface area (Å²) in [6.45, 7) is 6.73. The largest absolute Gasteiger partial charge is 0.394 e. The van der Waals surface area contributed by atoms with E-state index in [2.05, 4.69) is 0 Å². The molecule has 2 rings (SSSR count). The molecule has 1 heterocycles. The van der Waals surface area contributed by atoms with Crippen molar-refractivity contribution in [3.63, 3.8) is 0 Å². The smallest absolute Gasteiger partial charge is 0.254 e. The Balaban J connectivity index is 2.26. The standard InChI is InChI=1S/C16H23NO3S/c1-11-5-6-13(21-4)7-14(11)15(19)17-8-12(9-18)20-16(2,3)10-17/h5-7,12,18H,8-10H2,1-4H3. The van der Waals surface area contributed by atoms with Crippen LogP contribution in [0.5, 0.6) is 0 Å². The second-order valence-corrected chi connectivity index (χ2v) is 6.93. The Morgan fingerprint density at radius 3 is 2.86 bits per heavy atom. The van der Waals surface area contributed by atoms with Gasteiger partial charge in [0.2, 0.25) is 0 Å². The Hall–Kier alpha value is -1.04. The van der Waals surface area contributed by atoms with Crippen molar-refractivity contribution in [3.8, 4) is 0 Å². The molecule has 1 unspecified atom stereocenters. The maximum Gasteiger partial charge on any atom is 0.254 e. The fraction of sp³-hybridized carbons (Fsp3) is 0.562. The molecule has 1 aliphatic rings.